The van der Waals surface area contributed by atoms with Crippen molar-refractivity contribution in [3.8, 4) is 0 Å². The molecule has 1 saturated heterocycles. The Balaban J connectivity index is 1.58. The van der Waals surface area contributed by atoms with Gasteiger partial charge in [0.25, 0.3) is 5.56 Å². The average Bonchev–Trinajstić information content (AvgIpc) is 2.58. The van der Waals surface area contributed by atoms with Crippen LogP contribution in [0.4, 0.5) is 5.82 Å². The number of rotatable bonds is 4. The van der Waals surface area contributed by atoms with Crippen LogP contribution in [-0.2, 0) is 11.8 Å². The van der Waals surface area contributed by atoms with Crippen molar-refractivity contribution in [1.82, 2.24) is 14.9 Å². The average molecular weight is 320 g/mol. The third kappa shape index (κ3) is 3.93. The number of methoxy groups -OCH3 is 1. The molecule has 0 spiro atoms. The molecular formula is C17H28N4O2. The van der Waals surface area contributed by atoms with Gasteiger partial charge in [0.2, 0.25) is 0 Å². The summed E-state index contributed by atoms with van der Waals surface area (Å²) in [6.07, 6.45) is 10.8. The van der Waals surface area contributed by atoms with E-state index in [1.54, 1.807) is 24.0 Å². The molecule has 0 unspecified atom stereocenters. The van der Waals surface area contributed by atoms with Crippen molar-refractivity contribution >= 4 is 5.82 Å². The summed E-state index contributed by atoms with van der Waals surface area (Å²) in [5.74, 6) is 0.588. The highest BCUT2D eigenvalue weighted by Crippen LogP contribution is 2.22. The summed E-state index contributed by atoms with van der Waals surface area (Å²) in [6, 6.07) is 1.03. The van der Waals surface area contributed by atoms with E-state index in [1.807, 2.05) is 7.11 Å². The lowest BCUT2D eigenvalue weighted by Gasteiger charge is -2.37. The quantitative estimate of drug-likeness (QED) is 0.906. The first kappa shape index (κ1) is 16.5. The molecule has 128 valence electrons. The van der Waals surface area contributed by atoms with Crippen LogP contribution in [0.25, 0.3) is 0 Å². The standard InChI is InChI=1S/C17H28N4O2/c1-20-11-9-18-16(17(20)22)21-10-3-4-14(12-21)19-13-5-7-15(23-2)8-6-13/h9,11,13-15,19H,3-8,10,12H2,1-2H3/t13?,14-,15?/m1/s1. The Morgan fingerprint density at radius 3 is 2.74 bits per heavy atom. The Morgan fingerprint density at radius 2 is 2.00 bits per heavy atom. The summed E-state index contributed by atoms with van der Waals surface area (Å²) < 4.78 is 7.05. The third-order valence-corrected chi connectivity index (χ3v) is 5.20. The van der Waals surface area contributed by atoms with Crippen LogP contribution in [0.1, 0.15) is 38.5 Å². The molecule has 1 aliphatic heterocycles. The van der Waals surface area contributed by atoms with E-state index in [4.69, 9.17) is 4.74 Å². The van der Waals surface area contributed by atoms with Gasteiger partial charge in [-0.05, 0) is 38.5 Å². The van der Waals surface area contributed by atoms with Crippen molar-refractivity contribution in [2.75, 3.05) is 25.1 Å². The maximum atomic E-state index is 12.3. The molecule has 1 saturated carbocycles. The molecule has 1 aliphatic carbocycles. The second-order valence-electron chi connectivity index (χ2n) is 6.83. The number of aryl methyl sites for hydroxylation is 1. The molecule has 1 atom stereocenters. The van der Waals surface area contributed by atoms with Gasteiger partial charge >= 0.3 is 0 Å². The van der Waals surface area contributed by atoms with E-state index in [1.165, 1.54) is 19.3 Å². The fourth-order valence-electron chi connectivity index (χ4n) is 3.81. The fourth-order valence-corrected chi connectivity index (χ4v) is 3.81. The molecule has 2 fully saturated rings. The van der Waals surface area contributed by atoms with Crippen LogP contribution in [0.5, 0.6) is 0 Å². The SMILES string of the molecule is COC1CCC(N[C@@H]2CCCN(c3nccn(C)c3=O)C2)CC1. The molecule has 0 radical (unpaired) electrons. The number of ether oxygens (including phenoxy) is 1. The van der Waals surface area contributed by atoms with E-state index in [9.17, 15) is 4.79 Å². The minimum absolute atomic E-state index is 0.00578. The van der Waals surface area contributed by atoms with Gasteiger partial charge in [-0.2, -0.15) is 0 Å². The molecule has 0 bridgehead atoms. The van der Waals surface area contributed by atoms with Crippen LogP contribution in [0.3, 0.4) is 0 Å². The molecule has 0 amide bonds. The zero-order valence-corrected chi connectivity index (χ0v) is 14.2. The molecule has 2 heterocycles. The second-order valence-corrected chi connectivity index (χ2v) is 6.83. The molecule has 1 aromatic heterocycles. The lowest BCUT2D eigenvalue weighted by Crippen LogP contribution is -2.51. The Bertz CT molecular complexity index is 566. The van der Waals surface area contributed by atoms with E-state index in [0.29, 0.717) is 24.0 Å². The normalized spacial score (nSPS) is 28.8. The Morgan fingerprint density at radius 1 is 1.22 bits per heavy atom. The fraction of sp³-hybridized carbons (Fsp3) is 0.765. The zero-order valence-electron chi connectivity index (χ0n) is 14.2. The summed E-state index contributed by atoms with van der Waals surface area (Å²) in [5.41, 5.74) is -0.00578. The summed E-state index contributed by atoms with van der Waals surface area (Å²) in [5, 5.41) is 3.80. The van der Waals surface area contributed by atoms with Crippen molar-refractivity contribution in [3.05, 3.63) is 22.7 Å². The Labute approximate surface area is 137 Å². The predicted octanol–water partition coefficient (Wildman–Crippen LogP) is 1.30. The van der Waals surface area contributed by atoms with Gasteiger partial charge in [-0.3, -0.25) is 4.79 Å². The maximum Gasteiger partial charge on any atom is 0.293 e. The smallest absolute Gasteiger partial charge is 0.293 e. The topological polar surface area (TPSA) is 59.4 Å². The van der Waals surface area contributed by atoms with Crippen LogP contribution in [-0.4, -0.2) is 47.9 Å². The van der Waals surface area contributed by atoms with Gasteiger partial charge in [-0.25, -0.2) is 4.98 Å². The molecular weight excluding hydrogens is 292 g/mol. The predicted molar refractivity (Wildman–Crippen MR) is 90.9 cm³/mol. The molecule has 2 aliphatic rings. The van der Waals surface area contributed by atoms with Gasteiger partial charge in [0.15, 0.2) is 5.82 Å². The lowest BCUT2D eigenvalue weighted by atomic mass is 9.91. The van der Waals surface area contributed by atoms with Gasteiger partial charge in [-0.1, -0.05) is 0 Å². The van der Waals surface area contributed by atoms with Gasteiger partial charge in [0.1, 0.15) is 0 Å². The summed E-state index contributed by atoms with van der Waals surface area (Å²) in [7, 11) is 3.59. The highest BCUT2D eigenvalue weighted by atomic mass is 16.5. The molecule has 1 N–H and O–H groups in total. The first-order chi connectivity index (χ1) is 11.2. The first-order valence-corrected chi connectivity index (χ1v) is 8.73. The van der Waals surface area contributed by atoms with E-state index in [2.05, 4.69) is 15.2 Å². The largest absolute Gasteiger partial charge is 0.381 e. The first-order valence-electron chi connectivity index (χ1n) is 8.73. The monoisotopic (exact) mass is 320 g/mol. The van der Waals surface area contributed by atoms with E-state index in [0.717, 1.165) is 32.4 Å². The molecule has 1 aromatic rings. The minimum atomic E-state index is -0.00578. The summed E-state index contributed by atoms with van der Waals surface area (Å²) in [6.45, 7) is 1.79. The molecule has 6 nitrogen and oxygen atoms in total. The van der Waals surface area contributed by atoms with E-state index in [-0.39, 0.29) is 5.56 Å². The Hall–Kier alpha value is -1.40. The number of hydrogen-bond donors (Lipinski definition) is 1. The van der Waals surface area contributed by atoms with Crippen LogP contribution in [0.15, 0.2) is 17.2 Å². The van der Waals surface area contributed by atoms with Crippen molar-refractivity contribution in [3.63, 3.8) is 0 Å². The maximum absolute atomic E-state index is 12.3. The van der Waals surface area contributed by atoms with Crippen LogP contribution >= 0.6 is 0 Å². The van der Waals surface area contributed by atoms with Gasteiger partial charge in [0, 0.05) is 51.7 Å². The van der Waals surface area contributed by atoms with Crippen LogP contribution in [0.2, 0.25) is 0 Å². The molecule has 23 heavy (non-hydrogen) atoms. The third-order valence-electron chi connectivity index (χ3n) is 5.20. The number of nitrogens with one attached hydrogen (secondary N) is 1. The van der Waals surface area contributed by atoms with E-state index < -0.39 is 0 Å². The number of piperidine rings is 1. The molecule has 3 rings (SSSR count). The molecule has 0 aromatic carbocycles. The van der Waals surface area contributed by atoms with E-state index >= 15 is 0 Å². The van der Waals surface area contributed by atoms with Gasteiger partial charge < -0.3 is 19.5 Å². The number of anilines is 1. The van der Waals surface area contributed by atoms with Crippen molar-refractivity contribution < 1.29 is 4.74 Å². The second kappa shape index (κ2) is 7.45. The number of hydrogen-bond acceptors (Lipinski definition) is 5. The summed E-state index contributed by atoms with van der Waals surface area (Å²) in [4.78, 5) is 18.7. The minimum Gasteiger partial charge on any atom is -0.381 e. The van der Waals surface area contributed by atoms with Crippen molar-refractivity contribution in [2.45, 2.75) is 56.7 Å². The lowest BCUT2D eigenvalue weighted by molar-refractivity contribution is 0.0608. The van der Waals surface area contributed by atoms with Gasteiger partial charge in [0.05, 0.1) is 6.10 Å². The van der Waals surface area contributed by atoms with Gasteiger partial charge in [-0.15, -0.1) is 0 Å². The highest BCUT2D eigenvalue weighted by Gasteiger charge is 2.27. The Kier molecular flexibility index (Phi) is 5.33. The highest BCUT2D eigenvalue weighted by molar-refractivity contribution is 5.36. The van der Waals surface area contributed by atoms with Crippen LogP contribution in [0, 0.1) is 0 Å². The van der Waals surface area contributed by atoms with Crippen molar-refractivity contribution in [1.29, 1.82) is 0 Å². The zero-order chi connectivity index (χ0) is 16.2. The van der Waals surface area contributed by atoms with Crippen molar-refractivity contribution in [2.24, 2.45) is 7.05 Å². The van der Waals surface area contributed by atoms with Crippen LogP contribution < -0.4 is 15.8 Å². The molecule has 6 heteroatoms. The number of aromatic nitrogens is 2. The number of nitrogens with zero attached hydrogens (tertiary/aromatic N) is 3. The summed E-state index contributed by atoms with van der Waals surface area (Å²) >= 11 is 0.